The van der Waals surface area contributed by atoms with E-state index in [1.165, 1.54) is 26.5 Å². The van der Waals surface area contributed by atoms with Crippen LogP contribution in [0.1, 0.15) is 20.1 Å². The van der Waals surface area contributed by atoms with Gasteiger partial charge in [-0.3, -0.25) is 14.2 Å². The molecule has 0 radical (unpaired) electrons. The number of aliphatic hydroxyl groups excluding tert-OH is 1. The molecule has 2 aromatic rings. The lowest BCUT2D eigenvalue weighted by molar-refractivity contribution is -0.165. The molecule has 0 spiro atoms. The van der Waals surface area contributed by atoms with Crippen molar-refractivity contribution in [3.63, 3.8) is 0 Å². The molecule has 1 saturated heterocycles. The third-order valence-electron chi connectivity index (χ3n) is 3.72. The molecule has 2 aromatic heterocycles. The van der Waals surface area contributed by atoms with Crippen LogP contribution in [0.25, 0.3) is 11.2 Å². The van der Waals surface area contributed by atoms with Crippen LogP contribution in [0.4, 0.5) is 0 Å². The van der Waals surface area contributed by atoms with E-state index in [9.17, 15) is 14.7 Å². The number of esters is 2. The lowest BCUT2D eigenvalue weighted by Crippen LogP contribution is -2.40. The zero-order valence-corrected chi connectivity index (χ0v) is 14.2. The van der Waals surface area contributed by atoms with Crippen molar-refractivity contribution in [3.05, 3.63) is 17.3 Å². The number of ether oxygens (including phenoxy) is 3. The van der Waals surface area contributed by atoms with E-state index >= 15 is 0 Å². The molecule has 0 bridgehead atoms. The summed E-state index contributed by atoms with van der Waals surface area (Å²) in [5.41, 5.74) is 0.946. The first kappa shape index (κ1) is 17.5. The number of H-pyrrole nitrogens is 1. The summed E-state index contributed by atoms with van der Waals surface area (Å²) in [6, 6.07) is 0. The molecule has 4 atom stereocenters. The smallest absolute Gasteiger partial charge is 0.303 e. The highest BCUT2D eigenvalue weighted by Crippen LogP contribution is 2.35. The molecule has 0 saturated carbocycles. The minimum Gasteiger partial charge on any atom is -0.456 e. The van der Waals surface area contributed by atoms with Gasteiger partial charge in [0.2, 0.25) is 0 Å². The molecule has 10 nitrogen and oxygen atoms in total. The van der Waals surface area contributed by atoms with Gasteiger partial charge in [0.1, 0.15) is 17.3 Å². The van der Waals surface area contributed by atoms with Gasteiger partial charge in [0.25, 0.3) is 0 Å². The van der Waals surface area contributed by atoms with Gasteiger partial charge in [0.15, 0.2) is 23.1 Å². The number of nitrogens with zero attached hydrogens (tertiary/aromatic N) is 3. The molecule has 11 heteroatoms. The van der Waals surface area contributed by atoms with Gasteiger partial charge in [0, 0.05) is 13.8 Å². The van der Waals surface area contributed by atoms with Crippen molar-refractivity contribution in [3.8, 4) is 0 Å². The van der Waals surface area contributed by atoms with Gasteiger partial charge in [-0.05, 0) is 0 Å². The summed E-state index contributed by atoms with van der Waals surface area (Å²) in [5, 5.41) is 9.56. The standard InChI is InChI=1S/C14H16N4O6S/c1-6(20)22-10-8(3-19)24-14(11(10)23-7(2)21)18-5-17-9-12(18)15-4-16-13(9)25/h4-5,8,10-11,14,19H,3H2,1-2H3,(H,15,16,25). The third-order valence-corrected chi connectivity index (χ3v) is 4.02. The Morgan fingerprint density at radius 1 is 1.32 bits per heavy atom. The largest absolute Gasteiger partial charge is 0.456 e. The number of hydrogen-bond acceptors (Lipinski definition) is 9. The maximum Gasteiger partial charge on any atom is 0.303 e. The Bertz CT molecular complexity index is 864. The lowest BCUT2D eigenvalue weighted by Gasteiger charge is -2.23. The number of aliphatic hydroxyl groups is 1. The van der Waals surface area contributed by atoms with Gasteiger partial charge >= 0.3 is 11.9 Å². The highest BCUT2D eigenvalue weighted by Gasteiger charge is 2.50. The van der Waals surface area contributed by atoms with Gasteiger partial charge in [-0.15, -0.1) is 0 Å². The van der Waals surface area contributed by atoms with Gasteiger partial charge in [0.05, 0.1) is 19.3 Å². The highest BCUT2D eigenvalue weighted by atomic mass is 32.1. The summed E-state index contributed by atoms with van der Waals surface area (Å²) in [6.07, 6.45) is -0.801. The number of carbonyl (C=O) groups excluding carboxylic acids is 2. The molecule has 3 rings (SSSR count). The number of aromatic amines is 1. The minimum absolute atomic E-state index is 0.296. The SMILES string of the molecule is CC(=O)OC1C(CO)OC(n2cnc3c(=S)nc[nH]c32)C1OC(C)=O. The van der Waals surface area contributed by atoms with Crippen LogP contribution in [0.15, 0.2) is 12.7 Å². The van der Waals surface area contributed by atoms with E-state index < -0.39 is 43.1 Å². The van der Waals surface area contributed by atoms with E-state index in [2.05, 4.69) is 15.0 Å². The molecule has 1 aliphatic heterocycles. The van der Waals surface area contributed by atoms with Crippen LogP contribution in [0.5, 0.6) is 0 Å². The number of carbonyl (C=O) groups is 2. The van der Waals surface area contributed by atoms with Crippen LogP contribution in [-0.2, 0) is 23.8 Å². The predicted octanol–water partition coefficient (Wildman–Crippen LogP) is 0.242. The molecule has 0 aliphatic carbocycles. The molecule has 3 heterocycles. The van der Waals surface area contributed by atoms with Crippen LogP contribution >= 0.6 is 12.2 Å². The van der Waals surface area contributed by atoms with Crippen LogP contribution in [0.2, 0.25) is 0 Å². The molecule has 4 unspecified atom stereocenters. The number of aromatic nitrogens is 4. The molecule has 25 heavy (non-hydrogen) atoms. The van der Waals surface area contributed by atoms with Crippen LogP contribution in [0, 0.1) is 4.64 Å². The first-order chi connectivity index (χ1) is 11.9. The Morgan fingerprint density at radius 3 is 2.64 bits per heavy atom. The summed E-state index contributed by atoms with van der Waals surface area (Å²) in [6.45, 7) is 2.04. The number of imidazole rings is 1. The number of fused-ring (bicyclic) bond motifs is 1. The molecule has 0 amide bonds. The summed E-state index contributed by atoms with van der Waals surface area (Å²) in [5.74, 6) is -1.16. The van der Waals surface area contributed by atoms with Crippen molar-refractivity contribution >= 4 is 35.3 Å². The van der Waals surface area contributed by atoms with Crippen molar-refractivity contribution in [1.82, 2.24) is 19.5 Å². The molecule has 134 valence electrons. The van der Waals surface area contributed by atoms with Crippen molar-refractivity contribution in [2.24, 2.45) is 0 Å². The summed E-state index contributed by atoms with van der Waals surface area (Å²) >= 11 is 5.12. The molecule has 1 fully saturated rings. The van der Waals surface area contributed by atoms with Crippen LogP contribution < -0.4 is 0 Å². The first-order valence-electron chi connectivity index (χ1n) is 7.43. The normalized spacial score (nSPS) is 25.9. The number of nitrogens with one attached hydrogen (secondary N) is 1. The Balaban J connectivity index is 2.05. The summed E-state index contributed by atoms with van der Waals surface area (Å²) < 4.78 is 18.2. The monoisotopic (exact) mass is 368 g/mol. The van der Waals surface area contributed by atoms with Crippen molar-refractivity contribution < 1.29 is 28.9 Å². The topological polar surface area (TPSA) is 129 Å². The van der Waals surface area contributed by atoms with E-state index in [-0.39, 0.29) is 0 Å². The first-order valence-corrected chi connectivity index (χ1v) is 7.84. The molecular weight excluding hydrogens is 352 g/mol. The predicted molar refractivity (Wildman–Crippen MR) is 84.8 cm³/mol. The van der Waals surface area contributed by atoms with Gasteiger partial charge in [-0.1, -0.05) is 12.2 Å². The quantitative estimate of drug-likeness (QED) is 0.576. The van der Waals surface area contributed by atoms with E-state index in [1.54, 1.807) is 4.57 Å². The van der Waals surface area contributed by atoms with Crippen molar-refractivity contribution in [2.45, 2.75) is 38.4 Å². The Morgan fingerprint density at radius 2 is 2.00 bits per heavy atom. The van der Waals surface area contributed by atoms with Crippen molar-refractivity contribution in [2.75, 3.05) is 6.61 Å². The van der Waals surface area contributed by atoms with Crippen molar-refractivity contribution in [1.29, 1.82) is 0 Å². The lowest BCUT2D eigenvalue weighted by atomic mass is 10.1. The fourth-order valence-corrected chi connectivity index (χ4v) is 3.00. The second kappa shape index (κ2) is 6.86. The molecule has 2 N–H and O–H groups in total. The molecular formula is C14H16N4O6S. The Labute approximate surface area is 146 Å². The fourth-order valence-electron chi connectivity index (χ4n) is 2.80. The van der Waals surface area contributed by atoms with E-state index in [1.807, 2.05) is 0 Å². The van der Waals surface area contributed by atoms with Gasteiger partial charge in [-0.2, -0.15) is 0 Å². The second-order valence-electron chi connectivity index (χ2n) is 5.45. The average Bonchev–Trinajstić information content (AvgIpc) is 3.10. The van der Waals surface area contributed by atoms with Crippen LogP contribution in [0.3, 0.4) is 0 Å². The molecule has 1 aliphatic rings. The van der Waals surface area contributed by atoms with E-state index in [0.29, 0.717) is 15.8 Å². The maximum atomic E-state index is 11.5. The highest BCUT2D eigenvalue weighted by molar-refractivity contribution is 7.71. The van der Waals surface area contributed by atoms with Gasteiger partial charge in [-0.25, -0.2) is 9.97 Å². The number of hydrogen-bond donors (Lipinski definition) is 2. The second-order valence-corrected chi connectivity index (χ2v) is 5.84. The fraction of sp³-hybridized carbons (Fsp3) is 0.500. The summed E-state index contributed by atoms with van der Waals surface area (Å²) in [7, 11) is 0. The average molecular weight is 368 g/mol. The summed E-state index contributed by atoms with van der Waals surface area (Å²) in [4.78, 5) is 34.0. The third kappa shape index (κ3) is 3.25. The minimum atomic E-state index is -0.967. The zero-order chi connectivity index (χ0) is 18.1. The van der Waals surface area contributed by atoms with E-state index in [4.69, 9.17) is 26.4 Å². The maximum absolute atomic E-state index is 11.5. The van der Waals surface area contributed by atoms with Crippen LogP contribution in [-0.4, -0.2) is 61.5 Å². The number of rotatable bonds is 4. The Kier molecular flexibility index (Phi) is 4.79. The molecule has 0 aromatic carbocycles. The van der Waals surface area contributed by atoms with Gasteiger partial charge < -0.3 is 24.3 Å². The Hall–Kier alpha value is -2.37. The van der Waals surface area contributed by atoms with E-state index in [0.717, 1.165) is 0 Å². The zero-order valence-electron chi connectivity index (χ0n) is 13.4.